The van der Waals surface area contributed by atoms with Crippen molar-refractivity contribution >= 4 is 22.7 Å². The van der Waals surface area contributed by atoms with Gasteiger partial charge in [-0.2, -0.15) is 13.2 Å². The van der Waals surface area contributed by atoms with Gasteiger partial charge in [-0.25, -0.2) is 0 Å². The van der Waals surface area contributed by atoms with E-state index in [9.17, 15) is 22.8 Å². The number of Topliss-reactive ketones (excluding diaryl/α,β-unsaturated/α-hetero) is 1. The van der Waals surface area contributed by atoms with E-state index in [4.69, 9.17) is 4.74 Å². The van der Waals surface area contributed by atoms with E-state index in [2.05, 4.69) is 4.90 Å². The summed E-state index contributed by atoms with van der Waals surface area (Å²) in [6.45, 7) is 5.09. The number of halogens is 3. The number of carbonyl (C=O) groups excluding carboxylic acids is 2. The Labute approximate surface area is 167 Å². The fourth-order valence-electron chi connectivity index (χ4n) is 3.88. The van der Waals surface area contributed by atoms with Gasteiger partial charge in [-0.1, -0.05) is 18.2 Å². The number of para-hydroxylation sites is 1. The zero-order valence-electron chi connectivity index (χ0n) is 16.4. The minimum Gasteiger partial charge on any atom is -0.466 e. The standard InChI is InChI=1S/C21H25F3N2O3/c1-2-29-20(28)15-8-12-25(13-9-15)10-5-11-26-14-17(19(27)21(22,23)24)16-6-3-4-7-18(16)26/h3-4,6-7,14-15H,2,5,8-13H2,1H3. The summed E-state index contributed by atoms with van der Waals surface area (Å²) in [7, 11) is 0. The molecular formula is C21H25F3N2O3. The van der Waals surface area contributed by atoms with Gasteiger partial charge < -0.3 is 14.2 Å². The summed E-state index contributed by atoms with van der Waals surface area (Å²) in [5.74, 6) is -1.99. The van der Waals surface area contributed by atoms with Crippen LogP contribution in [0.4, 0.5) is 13.2 Å². The number of ketones is 1. The molecule has 0 bridgehead atoms. The van der Waals surface area contributed by atoms with E-state index in [1.807, 2.05) is 0 Å². The lowest BCUT2D eigenvalue weighted by Gasteiger charge is -2.30. The molecule has 1 fully saturated rings. The van der Waals surface area contributed by atoms with E-state index in [1.54, 1.807) is 35.8 Å². The Balaban J connectivity index is 1.59. The lowest BCUT2D eigenvalue weighted by atomic mass is 9.97. The van der Waals surface area contributed by atoms with Gasteiger partial charge in [0.25, 0.3) is 5.78 Å². The number of rotatable bonds is 7. The van der Waals surface area contributed by atoms with Crippen LogP contribution in [0, 0.1) is 5.92 Å². The average Bonchev–Trinajstić information content (AvgIpc) is 3.06. The first-order chi connectivity index (χ1) is 13.8. The van der Waals surface area contributed by atoms with Crippen LogP contribution in [0.1, 0.15) is 36.5 Å². The molecule has 1 saturated heterocycles. The highest BCUT2D eigenvalue weighted by Gasteiger charge is 2.40. The van der Waals surface area contributed by atoms with Crippen molar-refractivity contribution in [3.05, 3.63) is 36.0 Å². The molecule has 158 valence electrons. The predicted molar refractivity (Wildman–Crippen MR) is 103 cm³/mol. The molecule has 1 aromatic carbocycles. The van der Waals surface area contributed by atoms with Gasteiger partial charge in [0.05, 0.1) is 18.1 Å². The number of alkyl halides is 3. The fourth-order valence-corrected chi connectivity index (χ4v) is 3.88. The van der Waals surface area contributed by atoms with Crippen LogP contribution >= 0.6 is 0 Å². The molecule has 0 N–H and O–H groups in total. The Morgan fingerprint density at radius 1 is 1.14 bits per heavy atom. The van der Waals surface area contributed by atoms with Gasteiger partial charge in [-0.15, -0.1) is 0 Å². The Morgan fingerprint density at radius 2 is 1.83 bits per heavy atom. The summed E-state index contributed by atoms with van der Waals surface area (Å²) in [6.07, 6.45) is -1.32. The van der Waals surface area contributed by atoms with Crippen LogP contribution in [0.5, 0.6) is 0 Å². The van der Waals surface area contributed by atoms with E-state index in [1.165, 1.54) is 6.20 Å². The Bertz CT molecular complexity index is 868. The number of aryl methyl sites for hydroxylation is 1. The highest BCUT2D eigenvalue weighted by Crippen LogP contribution is 2.29. The molecule has 0 aliphatic carbocycles. The maximum absolute atomic E-state index is 12.9. The van der Waals surface area contributed by atoms with Crippen LogP contribution < -0.4 is 0 Å². The van der Waals surface area contributed by atoms with E-state index in [0.717, 1.165) is 38.9 Å². The molecule has 1 aromatic heterocycles. The summed E-state index contributed by atoms with van der Waals surface area (Å²) in [5, 5.41) is 0.324. The summed E-state index contributed by atoms with van der Waals surface area (Å²) < 4.78 is 45.5. The van der Waals surface area contributed by atoms with Crippen molar-refractivity contribution in [2.75, 3.05) is 26.2 Å². The van der Waals surface area contributed by atoms with Gasteiger partial charge in [-0.3, -0.25) is 9.59 Å². The van der Waals surface area contributed by atoms with Crippen molar-refractivity contribution < 1.29 is 27.5 Å². The molecule has 0 saturated carbocycles. The third-order valence-corrected chi connectivity index (χ3v) is 5.37. The number of benzene rings is 1. The predicted octanol–water partition coefficient (Wildman–Crippen LogP) is 4.05. The number of likely N-dealkylation sites (tertiary alicyclic amines) is 1. The molecule has 1 aliphatic rings. The van der Waals surface area contributed by atoms with E-state index >= 15 is 0 Å². The molecule has 0 unspecified atom stereocenters. The van der Waals surface area contributed by atoms with Gasteiger partial charge in [0.1, 0.15) is 0 Å². The van der Waals surface area contributed by atoms with E-state index < -0.39 is 12.0 Å². The molecule has 29 heavy (non-hydrogen) atoms. The zero-order valence-corrected chi connectivity index (χ0v) is 16.4. The van der Waals surface area contributed by atoms with Gasteiger partial charge in [0.2, 0.25) is 0 Å². The second kappa shape index (κ2) is 8.98. The maximum atomic E-state index is 12.9. The number of ether oxygens (including phenoxy) is 1. The monoisotopic (exact) mass is 410 g/mol. The lowest BCUT2D eigenvalue weighted by Crippen LogP contribution is -2.37. The quantitative estimate of drug-likeness (QED) is 0.511. The SMILES string of the molecule is CCOC(=O)C1CCN(CCCn2cc(C(=O)C(F)(F)F)c3ccccc32)CC1. The van der Waals surface area contributed by atoms with Crippen LogP contribution in [-0.2, 0) is 16.1 Å². The summed E-state index contributed by atoms with van der Waals surface area (Å²) in [4.78, 5) is 25.8. The number of fused-ring (bicyclic) bond motifs is 1. The maximum Gasteiger partial charge on any atom is 0.454 e. The van der Waals surface area contributed by atoms with Crippen LogP contribution in [-0.4, -0.2) is 53.6 Å². The fraction of sp³-hybridized carbons (Fsp3) is 0.524. The minimum atomic E-state index is -4.89. The molecule has 0 amide bonds. The van der Waals surface area contributed by atoms with Crippen LogP contribution in [0.25, 0.3) is 10.9 Å². The summed E-state index contributed by atoms with van der Waals surface area (Å²) in [6, 6.07) is 6.66. The summed E-state index contributed by atoms with van der Waals surface area (Å²) >= 11 is 0. The molecule has 2 aromatic rings. The Kier molecular flexibility index (Phi) is 6.62. The van der Waals surface area contributed by atoms with Crippen LogP contribution in [0.2, 0.25) is 0 Å². The normalized spacial score (nSPS) is 16.3. The first kappa shape index (κ1) is 21.4. The van der Waals surface area contributed by atoms with Gasteiger partial charge in [0.15, 0.2) is 0 Å². The van der Waals surface area contributed by atoms with Crippen LogP contribution in [0.15, 0.2) is 30.5 Å². The van der Waals surface area contributed by atoms with Crippen molar-refractivity contribution in [2.24, 2.45) is 5.92 Å². The molecule has 8 heteroatoms. The number of esters is 1. The minimum absolute atomic E-state index is 0.0458. The topological polar surface area (TPSA) is 51.5 Å². The van der Waals surface area contributed by atoms with Gasteiger partial charge in [0, 0.05) is 23.6 Å². The Hall–Kier alpha value is -2.35. The first-order valence-electron chi connectivity index (χ1n) is 9.89. The molecule has 0 atom stereocenters. The molecule has 0 radical (unpaired) electrons. The molecule has 0 spiro atoms. The van der Waals surface area contributed by atoms with Crippen LogP contribution in [0.3, 0.4) is 0 Å². The molecule has 2 heterocycles. The number of carbonyl (C=O) groups is 2. The van der Waals surface area contributed by atoms with Gasteiger partial charge >= 0.3 is 12.1 Å². The second-order valence-electron chi connectivity index (χ2n) is 7.30. The Morgan fingerprint density at radius 3 is 2.48 bits per heavy atom. The lowest BCUT2D eigenvalue weighted by molar-refractivity contribution is -0.149. The third-order valence-electron chi connectivity index (χ3n) is 5.37. The second-order valence-corrected chi connectivity index (χ2v) is 7.30. The third kappa shape index (κ3) is 4.98. The number of aromatic nitrogens is 1. The zero-order chi connectivity index (χ0) is 21.0. The van der Waals surface area contributed by atoms with Crippen molar-refractivity contribution in [3.63, 3.8) is 0 Å². The largest absolute Gasteiger partial charge is 0.466 e. The molecule has 5 nitrogen and oxygen atoms in total. The molecular weight excluding hydrogens is 385 g/mol. The first-order valence-corrected chi connectivity index (χ1v) is 9.89. The van der Waals surface area contributed by atoms with Crippen molar-refractivity contribution in [3.8, 4) is 0 Å². The van der Waals surface area contributed by atoms with E-state index in [-0.39, 0.29) is 17.5 Å². The average molecular weight is 410 g/mol. The van der Waals surface area contributed by atoms with Crippen molar-refractivity contribution in [1.29, 1.82) is 0 Å². The number of hydrogen-bond acceptors (Lipinski definition) is 4. The number of nitrogens with zero attached hydrogens (tertiary/aromatic N) is 2. The van der Waals surface area contributed by atoms with Gasteiger partial charge in [-0.05, 0) is 51.9 Å². The number of hydrogen-bond donors (Lipinski definition) is 0. The molecule has 1 aliphatic heterocycles. The van der Waals surface area contributed by atoms with E-state index in [0.29, 0.717) is 24.1 Å². The summed E-state index contributed by atoms with van der Waals surface area (Å²) in [5.41, 5.74) is 0.324. The highest BCUT2D eigenvalue weighted by atomic mass is 19.4. The number of piperidine rings is 1. The smallest absolute Gasteiger partial charge is 0.454 e. The molecule has 3 rings (SSSR count). The highest BCUT2D eigenvalue weighted by molar-refractivity contribution is 6.10. The van der Waals surface area contributed by atoms with Crippen molar-refractivity contribution in [2.45, 2.75) is 38.9 Å². The van der Waals surface area contributed by atoms with Crippen molar-refractivity contribution in [1.82, 2.24) is 9.47 Å².